The van der Waals surface area contributed by atoms with Crippen molar-refractivity contribution in [1.82, 2.24) is 5.32 Å². The second kappa shape index (κ2) is 5.85. The Kier molecular flexibility index (Phi) is 4.17. The Morgan fingerprint density at radius 3 is 3.06 bits per heavy atom. The maximum atomic E-state index is 12.4. The van der Waals surface area contributed by atoms with Crippen LogP contribution in [0.15, 0.2) is 24.3 Å². The lowest BCUT2D eigenvalue weighted by atomic mass is 10.1. The van der Waals surface area contributed by atoms with Crippen molar-refractivity contribution in [2.24, 2.45) is 0 Å². The van der Waals surface area contributed by atoms with E-state index >= 15 is 0 Å². The van der Waals surface area contributed by atoms with Crippen molar-refractivity contribution >= 4 is 0 Å². The van der Waals surface area contributed by atoms with Crippen LogP contribution in [0.3, 0.4) is 0 Å². The summed E-state index contributed by atoms with van der Waals surface area (Å²) in [6.45, 7) is 1.33. The van der Waals surface area contributed by atoms with Crippen LogP contribution in [0, 0.1) is 0 Å². The Bertz CT molecular complexity index is 323. The monoisotopic (exact) mass is 223 g/mol. The van der Waals surface area contributed by atoms with E-state index in [1.54, 1.807) is 12.1 Å². The van der Waals surface area contributed by atoms with Gasteiger partial charge in [0.05, 0.1) is 0 Å². The van der Waals surface area contributed by atoms with E-state index < -0.39 is 6.67 Å². The third-order valence-corrected chi connectivity index (χ3v) is 2.92. The van der Waals surface area contributed by atoms with Gasteiger partial charge in [-0.3, -0.25) is 0 Å². The smallest absolute Gasteiger partial charge is 0.119 e. The van der Waals surface area contributed by atoms with E-state index in [0.717, 1.165) is 12.3 Å². The van der Waals surface area contributed by atoms with Gasteiger partial charge in [0.15, 0.2) is 0 Å². The van der Waals surface area contributed by atoms with Gasteiger partial charge < -0.3 is 10.1 Å². The summed E-state index contributed by atoms with van der Waals surface area (Å²) in [5, 5.41) is 3.42. The molecule has 3 heteroatoms. The quantitative estimate of drug-likeness (QED) is 0.847. The van der Waals surface area contributed by atoms with Crippen LogP contribution in [0.2, 0.25) is 0 Å². The van der Waals surface area contributed by atoms with Gasteiger partial charge in [0.1, 0.15) is 19.0 Å². The molecule has 0 saturated carbocycles. The summed E-state index contributed by atoms with van der Waals surface area (Å²) in [6, 6.07) is 7.69. The van der Waals surface area contributed by atoms with E-state index in [1.165, 1.54) is 19.3 Å². The Balaban J connectivity index is 1.83. The molecule has 0 spiro atoms. The summed E-state index contributed by atoms with van der Waals surface area (Å²) >= 11 is 0. The Morgan fingerprint density at radius 2 is 2.31 bits per heavy atom. The SMILES string of the molecule is FCc1cccc(OCC2CCCCN2)c1. The van der Waals surface area contributed by atoms with Gasteiger partial charge in [-0.1, -0.05) is 18.6 Å². The van der Waals surface area contributed by atoms with Gasteiger partial charge in [0.25, 0.3) is 0 Å². The lowest BCUT2D eigenvalue weighted by Crippen LogP contribution is -2.38. The molecule has 2 nitrogen and oxygen atoms in total. The van der Waals surface area contributed by atoms with E-state index in [9.17, 15) is 4.39 Å². The normalized spacial score (nSPS) is 20.7. The predicted octanol–water partition coefficient (Wildman–Crippen LogP) is 2.68. The molecule has 0 amide bonds. The highest BCUT2D eigenvalue weighted by Crippen LogP contribution is 2.15. The zero-order valence-corrected chi connectivity index (χ0v) is 9.42. The first-order valence-corrected chi connectivity index (χ1v) is 5.89. The van der Waals surface area contributed by atoms with E-state index in [0.29, 0.717) is 18.2 Å². The molecule has 0 aromatic heterocycles. The standard InChI is InChI=1S/C13H18FNO/c14-9-11-4-3-6-13(8-11)16-10-12-5-1-2-7-15-12/h3-4,6,8,12,15H,1-2,5,7,9-10H2. The minimum absolute atomic E-state index is 0.432. The van der Waals surface area contributed by atoms with Gasteiger partial charge in [0.2, 0.25) is 0 Å². The number of ether oxygens (including phenoxy) is 1. The molecular weight excluding hydrogens is 205 g/mol. The molecule has 1 saturated heterocycles. The molecule has 1 aromatic rings. The average Bonchev–Trinajstić information content (AvgIpc) is 2.38. The number of nitrogens with one attached hydrogen (secondary N) is 1. The summed E-state index contributed by atoms with van der Waals surface area (Å²) in [5.74, 6) is 0.766. The molecule has 1 aliphatic heterocycles. The van der Waals surface area contributed by atoms with Gasteiger partial charge in [-0.15, -0.1) is 0 Å². The highest BCUT2D eigenvalue weighted by atomic mass is 19.1. The molecule has 1 heterocycles. The minimum atomic E-state index is -0.432. The van der Waals surface area contributed by atoms with Gasteiger partial charge in [-0.25, -0.2) is 4.39 Å². The zero-order chi connectivity index (χ0) is 11.2. The molecule has 0 radical (unpaired) electrons. The summed E-state index contributed by atoms with van der Waals surface area (Å²) < 4.78 is 18.1. The molecule has 1 unspecified atom stereocenters. The molecule has 2 rings (SSSR count). The summed E-state index contributed by atoms with van der Waals surface area (Å²) in [7, 11) is 0. The number of halogens is 1. The highest BCUT2D eigenvalue weighted by molar-refractivity contribution is 5.28. The fourth-order valence-corrected chi connectivity index (χ4v) is 1.98. The van der Waals surface area contributed by atoms with Crippen LogP contribution in [0.5, 0.6) is 5.75 Å². The Hall–Kier alpha value is -1.09. The van der Waals surface area contributed by atoms with Crippen molar-refractivity contribution in [3.8, 4) is 5.75 Å². The van der Waals surface area contributed by atoms with Crippen molar-refractivity contribution < 1.29 is 9.13 Å². The zero-order valence-electron chi connectivity index (χ0n) is 9.42. The van der Waals surface area contributed by atoms with Crippen LogP contribution < -0.4 is 10.1 Å². The lowest BCUT2D eigenvalue weighted by molar-refractivity contribution is 0.238. The number of benzene rings is 1. The first-order chi connectivity index (χ1) is 7.88. The lowest BCUT2D eigenvalue weighted by Gasteiger charge is -2.23. The van der Waals surface area contributed by atoms with Crippen LogP contribution in [0.1, 0.15) is 24.8 Å². The molecule has 1 fully saturated rings. The molecule has 0 bridgehead atoms. The Morgan fingerprint density at radius 1 is 1.38 bits per heavy atom. The molecule has 1 aliphatic rings. The average molecular weight is 223 g/mol. The molecule has 16 heavy (non-hydrogen) atoms. The fourth-order valence-electron chi connectivity index (χ4n) is 1.98. The predicted molar refractivity (Wildman–Crippen MR) is 62.4 cm³/mol. The third kappa shape index (κ3) is 3.20. The van der Waals surface area contributed by atoms with Gasteiger partial charge in [0, 0.05) is 6.04 Å². The van der Waals surface area contributed by atoms with Crippen LogP contribution in [0.4, 0.5) is 4.39 Å². The van der Waals surface area contributed by atoms with Crippen LogP contribution in [-0.2, 0) is 6.67 Å². The molecule has 1 N–H and O–H groups in total. The van der Waals surface area contributed by atoms with Crippen molar-refractivity contribution in [2.45, 2.75) is 32.0 Å². The number of rotatable bonds is 4. The van der Waals surface area contributed by atoms with Crippen molar-refractivity contribution in [3.05, 3.63) is 29.8 Å². The maximum Gasteiger partial charge on any atom is 0.119 e. The minimum Gasteiger partial charge on any atom is -0.492 e. The van der Waals surface area contributed by atoms with Crippen LogP contribution in [-0.4, -0.2) is 19.2 Å². The topological polar surface area (TPSA) is 21.3 Å². The maximum absolute atomic E-state index is 12.4. The number of hydrogen-bond donors (Lipinski definition) is 1. The highest BCUT2D eigenvalue weighted by Gasteiger charge is 2.12. The van der Waals surface area contributed by atoms with E-state index in [-0.39, 0.29) is 0 Å². The molecule has 88 valence electrons. The van der Waals surface area contributed by atoms with Crippen molar-refractivity contribution in [1.29, 1.82) is 0 Å². The van der Waals surface area contributed by atoms with Crippen LogP contribution in [0.25, 0.3) is 0 Å². The fraction of sp³-hybridized carbons (Fsp3) is 0.538. The first kappa shape index (κ1) is 11.4. The first-order valence-electron chi connectivity index (χ1n) is 5.89. The largest absolute Gasteiger partial charge is 0.492 e. The number of hydrogen-bond acceptors (Lipinski definition) is 2. The van der Waals surface area contributed by atoms with E-state index in [4.69, 9.17) is 4.74 Å². The molecule has 1 atom stereocenters. The molecule has 1 aromatic carbocycles. The van der Waals surface area contributed by atoms with Crippen molar-refractivity contribution in [3.63, 3.8) is 0 Å². The van der Waals surface area contributed by atoms with Gasteiger partial charge >= 0.3 is 0 Å². The Labute approximate surface area is 95.8 Å². The van der Waals surface area contributed by atoms with Gasteiger partial charge in [-0.05, 0) is 37.1 Å². The summed E-state index contributed by atoms with van der Waals surface area (Å²) in [6.07, 6.45) is 3.70. The summed E-state index contributed by atoms with van der Waals surface area (Å²) in [5.41, 5.74) is 0.675. The molecular formula is C13H18FNO. The van der Waals surface area contributed by atoms with Crippen molar-refractivity contribution in [2.75, 3.05) is 13.2 Å². The number of alkyl halides is 1. The van der Waals surface area contributed by atoms with E-state index in [2.05, 4.69) is 5.32 Å². The second-order valence-electron chi connectivity index (χ2n) is 4.24. The third-order valence-electron chi connectivity index (χ3n) is 2.92. The van der Waals surface area contributed by atoms with Crippen LogP contribution >= 0.6 is 0 Å². The second-order valence-corrected chi connectivity index (χ2v) is 4.24. The summed E-state index contributed by atoms with van der Waals surface area (Å²) in [4.78, 5) is 0. The number of piperidine rings is 1. The molecule has 0 aliphatic carbocycles. The van der Waals surface area contributed by atoms with E-state index in [1.807, 2.05) is 12.1 Å². The van der Waals surface area contributed by atoms with Gasteiger partial charge in [-0.2, -0.15) is 0 Å².